The van der Waals surface area contributed by atoms with Crippen LogP contribution in [0.2, 0.25) is 0 Å². The van der Waals surface area contributed by atoms with Crippen molar-refractivity contribution < 1.29 is 28.2 Å². The first-order valence-corrected chi connectivity index (χ1v) is 3.47. The first-order chi connectivity index (χ1) is 6.37. The number of carbonyl (C=O) groups is 1. The van der Waals surface area contributed by atoms with Crippen LogP contribution < -0.4 is 0 Å². The number of rotatable bonds is 1. The number of carboxylic acid groups (broad SMARTS) is 1. The minimum Gasteiger partial charge on any atom is -0.504 e. The molecule has 76 valence electrons. The summed E-state index contributed by atoms with van der Waals surface area (Å²) in [6.45, 7) is 0.875. The molecule has 0 unspecified atom stereocenters. The van der Waals surface area contributed by atoms with E-state index in [9.17, 15) is 18.0 Å². The Hall–Kier alpha value is -1.72. The van der Waals surface area contributed by atoms with Crippen LogP contribution >= 0.6 is 0 Å². The van der Waals surface area contributed by atoms with E-state index in [2.05, 4.69) is 0 Å². The van der Waals surface area contributed by atoms with E-state index in [-0.39, 0.29) is 0 Å². The predicted octanol–water partition coefficient (Wildman–Crippen LogP) is 1.82. The SMILES string of the molecule is Cc1c(F)c(F)c(O)c(C(=O)O)c1F. The summed E-state index contributed by atoms with van der Waals surface area (Å²) >= 11 is 0. The average molecular weight is 206 g/mol. The quantitative estimate of drug-likeness (QED) is 0.689. The highest BCUT2D eigenvalue weighted by atomic mass is 19.2. The second-order valence-electron chi connectivity index (χ2n) is 2.60. The zero-order valence-electron chi connectivity index (χ0n) is 6.94. The van der Waals surface area contributed by atoms with E-state index in [1.807, 2.05) is 0 Å². The molecule has 1 aromatic carbocycles. The zero-order valence-corrected chi connectivity index (χ0v) is 6.94. The highest BCUT2D eigenvalue weighted by molar-refractivity contribution is 5.91. The normalized spacial score (nSPS) is 10.3. The highest BCUT2D eigenvalue weighted by Crippen LogP contribution is 2.29. The van der Waals surface area contributed by atoms with Crippen LogP contribution in [0.15, 0.2) is 0 Å². The van der Waals surface area contributed by atoms with Crippen LogP contribution in [0.5, 0.6) is 5.75 Å². The molecule has 0 aliphatic rings. The van der Waals surface area contributed by atoms with Crippen LogP contribution in [0.3, 0.4) is 0 Å². The Labute approximate surface area is 76.4 Å². The molecule has 0 amide bonds. The van der Waals surface area contributed by atoms with Crippen molar-refractivity contribution in [3.63, 3.8) is 0 Å². The van der Waals surface area contributed by atoms with Gasteiger partial charge in [-0.15, -0.1) is 0 Å². The summed E-state index contributed by atoms with van der Waals surface area (Å²) in [5.41, 5.74) is -2.04. The maximum Gasteiger partial charge on any atom is 0.342 e. The first kappa shape index (κ1) is 10.4. The third-order valence-corrected chi connectivity index (χ3v) is 1.73. The van der Waals surface area contributed by atoms with Crippen molar-refractivity contribution in [2.45, 2.75) is 6.92 Å². The number of benzene rings is 1. The second kappa shape index (κ2) is 3.21. The Bertz CT molecular complexity index is 386. The fourth-order valence-corrected chi connectivity index (χ4v) is 0.961. The standard InChI is InChI=1S/C8H5F3O3/c1-2-4(9)3(8(13)14)7(12)6(11)5(2)10/h12H,1H3,(H,13,14). The molecule has 0 bridgehead atoms. The van der Waals surface area contributed by atoms with E-state index in [1.54, 1.807) is 0 Å². The van der Waals surface area contributed by atoms with E-state index in [1.165, 1.54) is 0 Å². The minimum absolute atomic E-state index is 0.780. The minimum atomic E-state index is -1.86. The number of carboxylic acids is 1. The first-order valence-electron chi connectivity index (χ1n) is 3.47. The number of hydrogen-bond donors (Lipinski definition) is 2. The van der Waals surface area contributed by atoms with Gasteiger partial charge in [0.05, 0.1) is 0 Å². The van der Waals surface area contributed by atoms with Gasteiger partial charge in [0.15, 0.2) is 11.6 Å². The van der Waals surface area contributed by atoms with Gasteiger partial charge in [0.25, 0.3) is 0 Å². The molecule has 0 spiro atoms. The molecule has 0 saturated carbocycles. The fraction of sp³-hybridized carbons (Fsp3) is 0.125. The Morgan fingerprint density at radius 2 is 1.64 bits per heavy atom. The van der Waals surface area contributed by atoms with Crippen LogP contribution in [-0.4, -0.2) is 16.2 Å². The molecule has 2 N–H and O–H groups in total. The van der Waals surface area contributed by atoms with Gasteiger partial charge in [-0.05, 0) is 6.92 Å². The molecule has 0 aliphatic heterocycles. The molecule has 0 radical (unpaired) electrons. The van der Waals surface area contributed by atoms with E-state index in [4.69, 9.17) is 10.2 Å². The van der Waals surface area contributed by atoms with E-state index in [0.29, 0.717) is 0 Å². The summed E-state index contributed by atoms with van der Waals surface area (Å²) in [4.78, 5) is 10.4. The van der Waals surface area contributed by atoms with Crippen LogP contribution in [0, 0.1) is 24.4 Å². The Morgan fingerprint density at radius 1 is 1.14 bits per heavy atom. The molecular weight excluding hydrogens is 201 g/mol. The zero-order chi connectivity index (χ0) is 11.0. The summed E-state index contributed by atoms with van der Waals surface area (Å²) < 4.78 is 38.5. The summed E-state index contributed by atoms with van der Waals surface area (Å²) in [6, 6.07) is 0. The number of aromatic hydroxyl groups is 1. The highest BCUT2D eigenvalue weighted by Gasteiger charge is 2.26. The number of halogens is 3. The van der Waals surface area contributed by atoms with Gasteiger partial charge in [0, 0.05) is 5.56 Å². The summed E-state index contributed by atoms with van der Waals surface area (Å²) in [7, 11) is 0. The van der Waals surface area contributed by atoms with Crippen LogP contribution in [0.4, 0.5) is 13.2 Å². The van der Waals surface area contributed by atoms with Gasteiger partial charge in [-0.1, -0.05) is 0 Å². The molecule has 3 nitrogen and oxygen atoms in total. The van der Waals surface area contributed by atoms with Gasteiger partial charge >= 0.3 is 5.97 Å². The van der Waals surface area contributed by atoms with Crippen molar-refractivity contribution in [2.75, 3.05) is 0 Å². The lowest BCUT2D eigenvalue weighted by molar-refractivity contribution is 0.0686. The van der Waals surface area contributed by atoms with Crippen molar-refractivity contribution in [3.8, 4) is 5.75 Å². The largest absolute Gasteiger partial charge is 0.504 e. The molecule has 6 heteroatoms. The third-order valence-electron chi connectivity index (χ3n) is 1.73. The molecule has 0 heterocycles. The average Bonchev–Trinajstić information content (AvgIpc) is 2.11. The summed E-state index contributed by atoms with van der Waals surface area (Å²) in [5.74, 6) is -8.22. The lowest BCUT2D eigenvalue weighted by Gasteiger charge is -2.06. The molecule has 0 aromatic heterocycles. The molecular formula is C8H5F3O3. The molecule has 0 fully saturated rings. The van der Waals surface area contributed by atoms with E-state index in [0.717, 1.165) is 6.92 Å². The van der Waals surface area contributed by atoms with Gasteiger partial charge in [0.2, 0.25) is 5.82 Å². The van der Waals surface area contributed by atoms with Gasteiger partial charge in [-0.3, -0.25) is 0 Å². The fourth-order valence-electron chi connectivity index (χ4n) is 0.961. The van der Waals surface area contributed by atoms with Crippen molar-refractivity contribution in [1.29, 1.82) is 0 Å². The molecule has 0 atom stereocenters. The smallest absolute Gasteiger partial charge is 0.342 e. The van der Waals surface area contributed by atoms with Crippen LogP contribution in [0.25, 0.3) is 0 Å². The monoisotopic (exact) mass is 206 g/mol. The lowest BCUT2D eigenvalue weighted by Crippen LogP contribution is -2.07. The Morgan fingerprint density at radius 3 is 2.07 bits per heavy atom. The van der Waals surface area contributed by atoms with Gasteiger partial charge < -0.3 is 10.2 Å². The molecule has 0 aliphatic carbocycles. The second-order valence-corrected chi connectivity index (χ2v) is 2.60. The molecule has 14 heavy (non-hydrogen) atoms. The summed E-state index contributed by atoms with van der Waals surface area (Å²) in [5, 5.41) is 17.2. The Balaban J connectivity index is 3.68. The summed E-state index contributed by atoms with van der Waals surface area (Å²) in [6.07, 6.45) is 0. The maximum atomic E-state index is 13.0. The lowest BCUT2D eigenvalue weighted by atomic mass is 10.1. The topological polar surface area (TPSA) is 57.5 Å². The third kappa shape index (κ3) is 1.28. The van der Waals surface area contributed by atoms with Gasteiger partial charge in [-0.2, -0.15) is 4.39 Å². The van der Waals surface area contributed by atoms with E-state index < -0.39 is 40.3 Å². The molecule has 1 aromatic rings. The molecule has 0 saturated heterocycles. The number of phenols is 1. The van der Waals surface area contributed by atoms with E-state index >= 15 is 0 Å². The molecule has 1 rings (SSSR count). The van der Waals surface area contributed by atoms with Crippen molar-refractivity contribution in [3.05, 3.63) is 28.6 Å². The van der Waals surface area contributed by atoms with Gasteiger partial charge in [-0.25, -0.2) is 13.6 Å². The van der Waals surface area contributed by atoms with Crippen molar-refractivity contribution in [1.82, 2.24) is 0 Å². The Kier molecular flexibility index (Phi) is 2.37. The van der Waals surface area contributed by atoms with Crippen molar-refractivity contribution in [2.24, 2.45) is 0 Å². The van der Waals surface area contributed by atoms with Crippen LogP contribution in [0.1, 0.15) is 15.9 Å². The van der Waals surface area contributed by atoms with Crippen molar-refractivity contribution >= 4 is 5.97 Å². The predicted molar refractivity (Wildman–Crippen MR) is 39.7 cm³/mol. The number of hydrogen-bond acceptors (Lipinski definition) is 2. The van der Waals surface area contributed by atoms with Crippen LogP contribution in [-0.2, 0) is 0 Å². The maximum absolute atomic E-state index is 13.0. The number of aromatic carboxylic acids is 1. The van der Waals surface area contributed by atoms with Gasteiger partial charge in [0.1, 0.15) is 11.4 Å².